The molecule has 6 nitrogen and oxygen atoms in total. The fourth-order valence-corrected chi connectivity index (χ4v) is 4.86. The SMILES string of the molecule is O=C(COc1ccc2c(c1)CCC2)N1CCC(N2CCn3ccnc3C2)CC1. The van der Waals surface area contributed by atoms with Gasteiger partial charge in [0.15, 0.2) is 6.61 Å². The highest BCUT2D eigenvalue weighted by atomic mass is 16.5. The van der Waals surface area contributed by atoms with E-state index < -0.39 is 0 Å². The van der Waals surface area contributed by atoms with Gasteiger partial charge in [0.05, 0.1) is 6.54 Å². The molecule has 1 aromatic carbocycles. The summed E-state index contributed by atoms with van der Waals surface area (Å²) < 4.78 is 8.05. The highest BCUT2D eigenvalue weighted by Gasteiger charge is 2.29. The van der Waals surface area contributed by atoms with Gasteiger partial charge in [-0.3, -0.25) is 9.69 Å². The summed E-state index contributed by atoms with van der Waals surface area (Å²) in [5, 5.41) is 0. The molecule has 6 heteroatoms. The molecule has 3 heterocycles. The van der Waals surface area contributed by atoms with Crippen molar-refractivity contribution in [3.8, 4) is 5.75 Å². The van der Waals surface area contributed by atoms with E-state index in [1.165, 1.54) is 24.0 Å². The summed E-state index contributed by atoms with van der Waals surface area (Å²) in [4.78, 5) is 21.6. The normalized spacial score (nSPS) is 20.1. The van der Waals surface area contributed by atoms with Crippen LogP contribution in [0.4, 0.5) is 0 Å². The number of nitrogens with zero attached hydrogens (tertiary/aromatic N) is 4. The summed E-state index contributed by atoms with van der Waals surface area (Å²) in [5.41, 5.74) is 2.81. The largest absolute Gasteiger partial charge is 0.484 e. The van der Waals surface area contributed by atoms with Gasteiger partial charge in [0, 0.05) is 44.6 Å². The van der Waals surface area contributed by atoms with E-state index in [0.717, 1.165) is 63.6 Å². The third-order valence-corrected chi connectivity index (χ3v) is 6.54. The predicted molar refractivity (Wildman–Crippen MR) is 106 cm³/mol. The number of aryl methyl sites for hydroxylation is 2. The van der Waals surface area contributed by atoms with Gasteiger partial charge < -0.3 is 14.2 Å². The number of benzene rings is 1. The van der Waals surface area contributed by atoms with Crippen molar-refractivity contribution < 1.29 is 9.53 Å². The van der Waals surface area contributed by atoms with Crippen LogP contribution in [0.2, 0.25) is 0 Å². The van der Waals surface area contributed by atoms with Crippen molar-refractivity contribution >= 4 is 5.91 Å². The second-order valence-electron chi connectivity index (χ2n) is 8.19. The fraction of sp³-hybridized carbons (Fsp3) is 0.545. The first-order valence-corrected chi connectivity index (χ1v) is 10.5. The summed E-state index contributed by atoms with van der Waals surface area (Å²) in [6, 6.07) is 6.82. The number of ether oxygens (including phenoxy) is 1. The van der Waals surface area contributed by atoms with Gasteiger partial charge in [-0.2, -0.15) is 0 Å². The van der Waals surface area contributed by atoms with Crippen LogP contribution in [0, 0.1) is 0 Å². The minimum Gasteiger partial charge on any atom is -0.484 e. The third-order valence-electron chi connectivity index (χ3n) is 6.54. The number of carbonyl (C=O) groups excluding carboxylic acids is 1. The number of carbonyl (C=O) groups is 1. The molecule has 3 aliphatic rings. The molecule has 0 radical (unpaired) electrons. The van der Waals surface area contributed by atoms with Crippen LogP contribution in [0.3, 0.4) is 0 Å². The Bertz CT molecular complexity index is 854. The van der Waals surface area contributed by atoms with Crippen LogP contribution in [-0.2, 0) is 30.7 Å². The Labute approximate surface area is 166 Å². The van der Waals surface area contributed by atoms with Crippen LogP contribution < -0.4 is 4.74 Å². The quantitative estimate of drug-likeness (QED) is 0.816. The van der Waals surface area contributed by atoms with E-state index >= 15 is 0 Å². The topological polar surface area (TPSA) is 50.6 Å². The molecular formula is C22H28N4O2. The van der Waals surface area contributed by atoms with Gasteiger partial charge >= 0.3 is 0 Å². The smallest absolute Gasteiger partial charge is 0.260 e. The molecule has 0 atom stereocenters. The number of likely N-dealkylation sites (tertiary alicyclic amines) is 1. The summed E-state index contributed by atoms with van der Waals surface area (Å²) in [6.45, 7) is 4.80. The van der Waals surface area contributed by atoms with Crippen LogP contribution in [0.5, 0.6) is 5.75 Å². The standard InChI is InChI=1S/C22H28N4O2/c27-22(16-28-20-5-4-17-2-1-3-18(17)14-20)25-9-6-19(7-10-25)26-13-12-24-11-8-23-21(24)15-26/h4-5,8,11,14,19H,1-3,6-7,9-10,12-13,15-16H2. The lowest BCUT2D eigenvalue weighted by atomic mass is 10.0. The second kappa shape index (κ2) is 7.59. The molecule has 1 aromatic heterocycles. The minimum absolute atomic E-state index is 0.105. The molecule has 1 aliphatic carbocycles. The Morgan fingerprint density at radius 1 is 1.11 bits per heavy atom. The number of rotatable bonds is 4. The first kappa shape index (κ1) is 17.7. The average molecular weight is 380 g/mol. The lowest BCUT2D eigenvalue weighted by molar-refractivity contribution is -0.135. The number of aromatic nitrogens is 2. The Balaban J connectivity index is 1.10. The van der Waals surface area contributed by atoms with Crippen LogP contribution in [0.25, 0.3) is 0 Å². The molecule has 0 N–H and O–H groups in total. The molecule has 0 spiro atoms. The van der Waals surface area contributed by atoms with Gasteiger partial charge in [-0.15, -0.1) is 0 Å². The molecule has 148 valence electrons. The highest BCUT2D eigenvalue weighted by Crippen LogP contribution is 2.26. The van der Waals surface area contributed by atoms with Crippen molar-refractivity contribution in [1.29, 1.82) is 0 Å². The van der Waals surface area contributed by atoms with E-state index in [9.17, 15) is 4.79 Å². The molecule has 0 bridgehead atoms. The monoisotopic (exact) mass is 380 g/mol. The van der Waals surface area contributed by atoms with Gasteiger partial charge in [0.1, 0.15) is 11.6 Å². The fourth-order valence-electron chi connectivity index (χ4n) is 4.86. The van der Waals surface area contributed by atoms with Crippen molar-refractivity contribution in [2.24, 2.45) is 0 Å². The van der Waals surface area contributed by atoms with Crippen molar-refractivity contribution in [3.63, 3.8) is 0 Å². The maximum atomic E-state index is 12.6. The Hall–Kier alpha value is -2.34. The zero-order valence-electron chi connectivity index (χ0n) is 16.3. The minimum atomic E-state index is 0.105. The van der Waals surface area contributed by atoms with Gasteiger partial charge in [-0.05, 0) is 55.4 Å². The number of fused-ring (bicyclic) bond motifs is 2. The molecule has 0 unspecified atom stereocenters. The van der Waals surface area contributed by atoms with E-state index in [1.54, 1.807) is 0 Å². The van der Waals surface area contributed by atoms with Crippen molar-refractivity contribution in [2.45, 2.75) is 51.2 Å². The van der Waals surface area contributed by atoms with Crippen molar-refractivity contribution in [2.75, 3.05) is 26.2 Å². The van der Waals surface area contributed by atoms with Crippen LogP contribution in [0.1, 0.15) is 36.2 Å². The molecule has 2 aromatic rings. The summed E-state index contributed by atoms with van der Waals surface area (Å²) in [6.07, 6.45) is 9.55. The first-order chi connectivity index (χ1) is 13.8. The van der Waals surface area contributed by atoms with E-state index in [2.05, 4.69) is 32.8 Å². The summed E-state index contributed by atoms with van der Waals surface area (Å²) in [5.74, 6) is 2.09. The lowest BCUT2D eigenvalue weighted by Crippen LogP contribution is -2.49. The number of hydrogen-bond acceptors (Lipinski definition) is 4. The summed E-state index contributed by atoms with van der Waals surface area (Å²) >= 11 is 0. The maximum Gasteiger partial charge on any atom is 0.260 e. The van der Waals surface area contributed by atoms with E-state index in [0.29, 0.717) is 6.04 Å². The number of hydrogen-bond donors (Lipinski definition) is 0. The Morgan fingerprint density at radius 3 is 2.86 bits per heavy atom. The van der Waals surface area contributed by atoms with Crippen LogP contribution in [0.15, 0.2) is 30.6 Å². The van der Waals surface area contributed by atoms with Crippen molar-refractivity contribution in [3.05, 3.63) is 47.5 Å². The molecule has 0 saturated carbocycles. The number of piperidine rings is 1. The Kier molecular flexibility index (Phi) is 4.81. The molecule has 2 aliphatic heterocycles. The molecule has 1 saturated heterocycles. The van der Waals surface area contributed by atoms with Crippen LogP contribution in [-0.4, -0.2) is 57.5 Å². The van der Waals surface area contributed by atoms with Crippen molar-refractivity contribution in [1.82, 2.24) is 19.4 Å². The van der Waals surface area contributed by atoms with Gasteiger partial charge in [-0.1, -0.05) is 6.07 Å². The van der Waals surface area contributed by atoms with Gasteiger partial charge in [-0.25, -0.2) is 4.98 Å². The first-order valence-electron chi connectivity index (χ1n) is 10.5. The number of amides is 1. The molecule has 1 amide bonds. The maximum absolute atomic E-state index is 12.6. The zero-order valence-corrected chi connectivity index (χ0v) is 16.3. The second-order valence-corrected chi connectivity index (χ2v) is 8.19. The summed E-state index contributed by atoms with van der Waals surface area (Å²) in [7, 11) is 0. The molecule has 1 fully saturated rings. The zero-order chi connectivity index (χ0) is 18.9. The molecular weight excluding hydrogens is 352 g/mol. The Morgan fingerprint density at radius 2 is 1.96 bits per heavy atom. The predicted octanol–water partition coefficient (Wildman–Crippen LogP) is 2.26. The van der Waals surface area contributed by atoms with E-state index in [-0.39, 0.29) is 12.5 Å². The van der Waals surface area contributed by atoms with Gasteiger partial charge in [0.25, 0.3) is 5.91 Å². The average Bonchev–Trinajstić information content (AvgIpc) is 3.40. The third kappa shape index (κ3) is 3.53. The van der Waals surface area contributed by atoms with Gasteiger partial charge in [0.2, 0.25) is 0 Å². The lowest BCUT2D eigenvalue weighted by Gasteiger charge is -2.40. The molecule has 28 heavy (non-hydrogen) atoms. The number of imidazole rings is 1. The van der Waals surface area contributed by atoms with E-state index in [1.807, 2.05) is 17.2 Å². The highest BCUT2D eigenvalue weighted by molar-refractivity contribution is 5.77. The van der Waals surface area contributed by atoms with Crippen LogP contribution >= 0.6 is 0 Å². The van der Waals surface area contributed by atoms with E-state index in [4.69, 9.17) is 4.74 Å². The molecule has 5 rings (SSSR count).